The molecule has 0 N–H and O–H groups in total. The molecule has 0 aliphatic carbocycles. The molecule has 1 unspecified atom stereocenters. The molecule has 54 valence electrons. The van der Waals surface area contributed by atoms with E-state index in [1.165, 1.54) is 25.4 Å². The number of rotatable bonds is 5. The minimum atomic E-state index is 1.06. The van der Waals surface area contributed by atoms with Crippen LogP contribution in [0.15, 0.2) is 11.9 Å². The first kappa shape index (κ1) is 9.17. The molecule has 0 aromatic heterocycles. The zero-order valence-electron chi connectivity index (χ0n) is 6.48. The fraction of sp³-hybridized carbons (Fsp3) is 0.750. The Morgan fingerprint density at radius 2 is 2.00 bits per heavy atom. The maximum atomic E-state index is 2.33. The van der Waals surface area contributed by atoms with Crippen molar-refractivity contribution in [3.63, 3.8) is 0 Å². The summed E-state index contributed by atoms with van der Waals surface area (Å²) in [5.74, 6) is 2.33. The minimum absolute atomic E-state index is 1.06. The van der Waals surface area contributed by atoms with Crippen LogP contribution in [0.5, 0.6) is 0 Å². The molecule has 0 rings (SSSR count). The van der Waals surface area contributed by atoms with E-state index in [1.54, 1.807) is 0 Å². The molecule has 0 radical (unpaired) electrons. The standard InChI is InChI=1S/C8H17P/c1-3-5-6-8-9-7-4-2/h6,8-9H,3-5,7H2,1-2H3/b8-6+. The highest BCUT2D eigenvalue weighted by Crippen LogP contribution is 2.12. The van der Waals surface area contributed by atoms with E-state index in [-0.39, 0.29) is 0 Å². The lowest BCUT2D eigenvalue weighted by Crippen LogP contribution is -1.64. The van der Waals surface area contributed by atoms with E-state index in [1.807, 2.05) is 0 Å². The van der Waals surface area contributed by atoms with Crippen LogP contribution in [0.2, 0.25) is 0 Å². The highest BCUT2D eigenvalue weighted by molar-refractivity contribution is 7.41. The molecule has 1 atom stereocenters. The second kappa shape index (κ2) is 8.17. The third-order valence-corrected chi connectivity index (χ3v) is 2.35. The van der Waals surface area contributed by atoms with E-state index < -0.39 is 0 Å². The molecule has 0 saturated carbocycles. The van der Waals surface area contributed by atoms with E-state index in [2.05, 4.69) is 25.7 Å². The van der Waals surface area contributed by atoms with Gasteiger partial charge in [0.1, 0.15) is 0 Å². The van der Waals surface area contributed by atoms with Crippen molar-refractivity contribution >= 4 is 8.58 Å². The van der Waals surface area contributed by atoms with E-state index in [0.717, 1.165) is 8.58 Å². The van der Waals surface area contributed by atoms with E-state index >= 15 is 0 Å². The topological polar surface area (TPSA) is 0 Å². The lowest BCUT2D eigenvalue weighted by atomic mass is 10.3. The van der Waals surface area contributed by atoms with Crippen molar-refractivity contribution in [2.24, 2.45) is 0 Å². The van der Waals surface area contributed by atoms with Crippen LogP contribution in [-0.4, -0.2) is 6.16 Å². The van der Waals surface area contributed by atoms with Gasteiger partial charge in [0.15, 0.2) is 0 Å². The SMILES string of the molecule is CCC/C=C/PCCC. The molecule has 0 amide bonds. The highest BCUT2D eigenvalue weighted by Gasteiger charge is 1.75. The Labute approximate surface area is 60.5 Å². The lowest BCUT2D eigenvalue weighted by molar-refractivity contribution is 0.960. The summed E-state index contributed by atoms with van der Waals surface area (Å²) in [6.45, 7) is 4.45. The average molecular weight is 144 g/mol. The normalized spacial score (nSPS) is 12.2. The summed E-state index contributed by atoms with van der Waals surface area (Å²) in [4.78, 5) is 0. The molecule has 0 aliphatic heterocycles. The van der Waals surface area contributed by atoms with Gasteiger partial charge in [-0.05, 0) is 12.6 Å². The molecule has 0 spiro atoms. The van der Waals surface area contributed by atoms with Crippen molar-refractivity contribution in [2.45, 2.75) is 33.1 Å². The van der Waals surface area contributed by atoms with E-state index in [9.17, 15) is 0 Å². The number of unbranched alkanes of at least 4 members (excludes halogenated alkanes) is 1. The zero-order valence-corrected chi connectivity index (χ0v) is 7.48. The first-order valence-corrected chi connectivity index (χ1v) is 5.08. The maximum Gasteiger partial charge on any atom is -0.0321 e. The number of hydrogen-bond acceptors (Lipinski definition) is 0. The van der Waals surface area contributed by atoms with Gasteiger partial charge in [0.05, 0.1) is 0 Å². The Kier molecular flexibility index (Phi) is 8.32. The van der Waals surface area contributed by atoms with Gasteiger partial charge in [-0.2, -0.15) is 0 Å². The minimum Gasteiger partial charge on any atom is -0.0988 e. The summed E-state index contributed by atoms with van der Waals surface area (Å²) >= 11 is 0. The Bertz CT molecular complexity index is 67.0. The summed E-state index contributed by atoms with van der Waals surface area (Å²) in [6, 6.07) is 0. The molecule has 0 heterocycles. The van der Waals surface area contributed by atoms with Crippen LogP contribution in [0.3, 0.4) is 0 Å². The van der Waals surface area contributed by atoms with Gasteiger partial charge < -0.3 is 0 Å². The molecule has 0 nitrogen and oxygen atoms in total. The van der Waals surface area contributed by atoms with Crippen molar-refractivity contribution < 1.29 is 0 Å². The fourth-order valence-corrected chi connectivity index (χ4v) is 1.35. The number of hydrogen-bond donors (Lipinski definition) is 0. The highest BCUT2D eigenvalue weighted by atomic mass is 31.1. The smallest absolute Gasteiger partial charge is 0.0321 e. The molecular weight excluding hydrogens is 127 g/mol. The molecule has 0 bridgehead atoms. The first-order chi connectivity index (χ1) is 4.41. The average Bonchev–Trinajstić information content (AvgIpc) is 1.89. The Balaban J connectivity index is 2.86. The van der Waals surface area contributed by atoms with Crippen LogP contribution in [-0.2, 0) is 0 Å². The first-order valence-electron chi connectivity index (χ1n) is 3.80. The predicted octanol–water partition coefficient (Wildman–Crippen LogP) is 3.39. The van der Waals surface area contributed by atoms with Crippen molar-refractivity contribution in [2.75, 3.05) is 6.16 Å². The van der Waals surface area contributed by atoms with Gasteiger partial charge >= 0.3 is 0 Å². The Hall–Kier alpha value is 0.170. The summed E-state index contributed by atoms with van der Waals surface area (Å²) in [5.41, 5.74) is 0. The Morgan fingerprint density at radius 1 is 1.22 bits per heavy atom. The second-order valence-electron chi connectivity index (χ2n) is 2.15. The lowest BCUT2D eigenvalue weighted by Gasteiger charge is -1.87. The van der Waals surface area contributed by atoms with E-state index in [4.69, 9.17) is 0 Å². The van der Waals surface area contributed by atoms with Crippen LogP contribution in [0, 0.1) is 0 Å². The molecule has 0 fully saturated rings. The summed E-state index contributed by atoms with van der Waals surface area (Å²) in [7, 11) is 1.06. The Morgan fingerprint density at radius 3 is 2.56 bits per heavy atom. The van der Waals surface area contributed by atoms with Crippen LogP contribution in [0.1, 0.15) is 33.1 Å². The van der Waals surface area contributed by atoms with Crippen molar-refractivity contribution in [1.82, 2.24) is 0 Å². The molecule has 1 heteroatoms. The van der Waals surface area contributed by atoms with Gasteiger partial charge in [-0.3, -0.25) is 0 Å². The van der Waals surface area contributed by atoms with Crippen molar-refractivity contribution in [3.05, 3.63) is 11.9 Å². The molecule has 0 saturated heterocycles. The molecule has 0 aliphatic rings. The van der Waals surface area contributed by atoms with Gasteiger partial charge in [-0.25, -0.2) is 0 Å². The van der Waals surface area contributed by atoms with Gasteiger partial charge in [0, 0.05) is 0 Å². The van der Waals surface area contributed by atoms with Gasteiger partial charge in [0.25, 0.3) is 0 Å². The summed E-state index contributed by atoms with van der Waals surface area (Å²) in [5, 5.41) is 0. The predicted molar refractivity (Wildman–Crippen MR) is 47.5 cm³/mol. The largest absolute Gasteiger partial charge is 0.0988 e. The van der Waals surface area contributed by atoms with Crippen molar-refractivity contribution in [3.8, 4) is 0 Å². The monoisotopic (exact) mass is 144 g/mol. The molecular formula is C8H17P. The fourth-order valence-electron chi connectivity index (χ4n) is 0.561. The van der Waals surface area contributed by atoms with Crippen LogP contribution < -0.4 is 0 Å². The van der Waals surface area contributed by atoms with Gasteiger partial charge in [-0.15, -0.1) is 0 Å². The maximum absolute atomic E-state index is 2.33. The molecule has 9 heavy (non-hydrogen) atoms. The summed E-state index contributed by atoms with van der Waals surface area (Å²) in [6.07, 6.45) is 7.55. The second-order valence-corrected chi connectivity index (χ2v) is 3.39. The number of allylic oxidation sites excluding steroid dienone is 1. The van der Waals surface area contributed by atoms with E-state index in [0.29, 0.717) is 0 Å². The third-order valence-electron chi connectivity index (χ3n) is 1.09. The summed E-state index contributed by atoms with van der Waals surface area (Å²) < 4.78 is 0. The van der Waals surface area contributed by atoms with Crippen LogP contribution in [0.4, 0.5) is 0 Å². The van der Waals surface area contributed by atoms with Gasteiger partial charge in [0.2, 0.25) is 0 Å². The molecule has 0 aromatic rings. The van der Waals surface area contributed by atoms with Crippen LogP contribution >= 0.6 is 8.58 Å². The zero-order chi connectivity index (χ0) is 6.95. The van der Waals surface area contributed by atoms with Gasteiger partial charge in [-0.1, -0.05) is 47.2 Å². The quantitative estimate of drug-likeness (QED) is 0.410. The third kappa shape index (κ3) is 8.17. The van der Waals surface area contributed by atoms with Crippen molar-refractivity contribution in [1.29, 1.82) is 0 Å². The molecule has 0 aromatic carbocycles. The van der Waals surface area contributed by atoms with Crippen LogP contribution in [0.25, 0.3) is 0 Å².